The normalized spacial score (nSPS) is 16.7. The monoisotopic (exact) mass is 544 g/mol. The Morgan fingerprint density at radius 3 is 2.46 bits per heavy atom. The summed E-state index contributed by atoms with van der Waals surface area (Å²) in [6.07, 6.45) is 5.16. The largest absolute Gasteiger partial charge is 0.462 e. The van der Waals surface area contributed by atoms with Crippen molar-refractivity contribution in [3.05, 3.63) is 45.2 Å². The lowest BCUT2D eigenvalue weighted by molar-refractivity contribution is 0.0221. The first kappa shape index (κ1) is 30.1. The Kier molecular flexibility index (Phi) is 9.76. The van der Waals surface area contributed by atoms with Crippen molar-refractivity contribution in [1.29, 1.82) is 0 Å². The molecule has 0 radical (unpaired) electrons. The number of pyridine rings is 1. The quantitative estimate of drug-likeness (QED) is 0.324. The maximum absolute atomic E-state index is 15.0. The average Bonchev–Trinajstić information content (AvgIpc) is 3.61. The number of aromatic nitrogens is 1. The van der Waals surface area contributed by atoms with Gasteiger partial charge in [0.15, 0.2) is 11.6 Å². The molecular weight excluding hydrogens is 506 g/mol. The predicted molar refractivity (Wildman–Crippen MR) is 146 cm³/mol. The molecule has 1 amide bonds. The second kappa shape index (κ2) is 12.6. The number of halogens is 2. The Hall–Kier alpha value is -3.41. The molecule has 212 valence electrons. The molecule has 1 saturated carbocycles. The predicted octanol–water partition coefficient (Wildman–Crippen LogP) is 6.35. The van der Waals surface area contributed by atoms with Crippen LogP contribution in [0.5, 0.6) is 0 Å². The molecule has 39 heavy (non-hydrogen) atoms. The number of hydrogen-bond acceptors (Lipinski definition) is 5. The molecule has 1 atom stereocenters. The maximum atomic E-state index is 15.0. The minimum Gasteiger partial charge on any atom is -0.462 e. The van der Waals surface area contributed by atoms with E-state index in [9.17, 15) is 18.8 Å². The molecule has 0 bridgehead atoms. The van der Waals surface area contributed by atoms with Crippen LogP contribution in [-0.4, -0.2) is 46.3 Å². The fraction of sp³-hybridized carbons (Fsp3) is 0.567. The Bertz CT molecular complexity index is 1350. The zero-order valence-corrected chi connectivity index (χ0v) is 23.7. The third-order valence-corrected chi connectivity index (χ3v) is 6.46. The third kappa shape index (κ3) is 6.97. The molecular formula is C30H38F2N2O5. The molecule has 1 aliphatic heterocycles. The summed E-state index contributed by atoms with van der Waals surface area (Å²) < 4.78 is 41.7. The summed E-state index contributed by atoms with van der Waals surface area (Å²) in [5.41, 5.74) is -1.54. The molecule has 1 aromatic heterocycles. The second-order valence-electron chi connectivity index (χ2n) is 10.5. The number of carbonyl (C=O) groups excluding carboxylic acids is 2. The van der Waals surface area contributed by atoms with Gasteiger partial charge in [-0.2, -0.15) is 0 Å². The van der Waals surface area contributed by atoms with E-state index in [1.165, 1.54) is 6.20 Å². The fourth-order valence-corrected chi connectivity index (χ4v) is 4.66. The number of likely N-dealkylation sites (tertiary alicyclic amines) is 1. The van der Waals surface area contributed by atoms with Gasteiger partial charge in [0.1, 0.15) is 11.2 Å². The standard InChI is InChI=1S/C28H32F2N2O5.C2H6/c1-5-36-26(34)21-16-32(18-12-13-18)24-19(23(30)22(29)15-20(24)25(21)33)11-7-6-9-17-10-8-14-31(17)27(35)37-28(2,3)4;1-2/h15-18H,5-6,8-10,12-14H2,1-4H3;1-2H3. The van der Waals surface area contributed by atoms with E-state index in [1.807, 2.05) is 34.6 Å². The van der Waals surface area contributed by atoms with E-state index in [1.54, 1.807) is 16.4 Å². The minimum atomic E-state index is -1.20. The Labute approximate surface area is 228 Å². The van der Waals surface area contributed by atoms with Crippen LogP contribution < -0.4 is 5.43 Å². The van der Waals surface area contributed by atoms with Gasteiger partial charge in [0.2, 0.25) is 5.43 Å². The lowest BCUT2D eigenvalue weighted by atomic mass is 10.0. The van der Waals surface area contributed by atoms with Crippen LogP contribution in [0.2, 0.25) is 0 Å². The van der Waals surface area contributed by atoms with Gasteiger partial charge in [0.25, 0.3) is 0 Å². The fourth-order valence-electron chi connectivity index (χ4n) is 4.66. The van der Waals surface area contributed by atoms with Gasteiger partial charge in [0.05, 0.1) is 23.1 Å². The van der Waals surface area contributed by atoms with Crippen molar-refractivity contribution in [1.82, 2.24) is 9.47 Å². The van der Waals surface area contributed by atoms with Crippen LogP contribution in [0.15, 0.2) is 17.1 Å². The Balaban J connectivity index is 0.00000205. The maximum Gasteiger partial charge on any atom is 0.410 e. The average molecular weight is 545 g/mol. The van der Waals surface area contributed by atoms with Crippen LogP contribution >= 0.6 is 0 Å². The van der Waals surface area contributed by atoms with Gasteiger partial charge in [0, 0.05) is 31.2 Å². The van der Waals surface area contributed by atoms with Crippen LogP contribution in [0.4, 0.5) is 13.6 Å². The summed E-state index contributed by atoms with van der Waals surface area (Å²) in [5, 5.41) is -0.104. The second-order valence-corrected chi connectivity index (χ2v) is 10.5. The molecule has 7 nitrogen and oxygen atoms in total. The molecule has 0 N–H and O–H groups in total. The van der Waals surface area contributed by atoms with E-state index < -0.39 is 28.6 Å². The lowest BCUT2D eigenvalue weighted by Crippen LogP contribution is -2.39. The van der Waals surface area contributed by atoms with Crippen molar-refractivity contribution in [2.45, 2.75) is 97.8 Å². The topological polar surface area (TPSA) is 77.8 Å². The van der Waals surface area contributed by atoms with Crippen molar-refractivity contribution in [3.8, 4) is 11.8 Å². The number of nitrogens with zero attached hydrogens (tertiary/aromatic N) is 2. The summed E-state index contributed by atoms with van der Waals surface area (Å²) in [5.74, 6) is 2.54. The molecule has 1 saturated heterocycles. The van der Waals surface area contributed by atoms with Crippen LogP contribution in [-0.2, 0) is 9.47 Å². The smallest absolute Gasteiger partial charge is 0.410 e. The molecule has 1 aromatic carbocycles. The number of fused-ring (bicyclic) bond motifs is 1. The highest BCUT2D eigenvalue weighted by molar-refractivity contribution is 5.95. The number of hydrogen-bond donors (Lipinski definition) is 0. The molecule has 1 aliphatic carbocycles. The van der Waals surface area contributed by atoms with Crippen molar-refractivity contribution >= 4 is 23.0 Å². The SMILES string of the molecule is CC.CCOC(=O)c1cn(C2CC2)c2c(C#CCCC3CCCN3C(=O)OC(C)(C)C)c(F)c(F)cc2c1=O. The van der Waals surface area contributed by atoms with Gasteiger partial charge >= 0.3 is 12.1 Å². The van der Waals surface area contributed by atoms with Gasteiger partial charge in [-0.3, -0.25) is 4.79 Å². The highest BCUT2D eigenvalue weighted by atomic mass is 19.2. The molecule has 1 unspecified atom stereocenters. The summed E-state index contributed by atoms with van der Waals surface area (Å²) in [4.78, 5) is 39.6. The first-order chi connectivity index (χ1) is 18.5. The highest BCUT2D eigenvalue weighted by Gasteiger charge is 2.32. The van der Waals surface area contributed by atoms with Gasteiger partial charge in [-0.1, -0.05) is 25.7 Å². The van der Waals surface area contributed by atoms with E-state index in [4.69, 9.17) is 9.47 Å². The summed E-state index contributed by atoms with van der Waals surface area (Å²) in [6.45, 7) is 11.8. The number of esters is 1. The van der Waals surface area contributed by atoms with Crippen LogP contribution in [0.1, 0.15) is 102 Å². The molecule has 9 heteroatoms. The molecule has 0 spiro atoms. The number of carbonyl (C=O) groups is 2. The Morgan fingerprint density at radius 2 is 1.85 bits per heavy atom. The molecule has 4 rings (SSSR count). The number of rotatable bonds is 5. The van der Waals surface area contributed by atoms with Crippen molar-refractivity contribution < 1.29 is 27.8 Å². The zero-order valence-electron chi connectivity index (χ0n) is 23.7. The molecule has 2 fully saturated rings. The first-order valence-corrected chi connectivity index (χ1v) is 13.7. The highest BCUT2D eigenvalue weighted by Crippen LogP contribution is 2.38. The van der Waals surface area contributed by atoms with E-state index in [-0.39, 0.29) is 46.8 Å². The zero-order chi connectivity index (χ0) is 28.9. The molecule has 2 aliphatic rings. The van der Waals surface area contributed by atoms with Crippen LogP contribution in [0.3, 0.4) is 0 Å². The number of amides is 1. The van der Waals surface area contributed by atoms with Gasteiger partial charge in [-0.05, 0) is 65.9 Å². The van der Waals surface area contributed by atoms with Gasteiger partial charge in [-0.15, -0.1) is 0 Å². The number of ether oxygens (including phenoxy) is 2. The van der Waals surface area contributed by atoms with E-state index in [0.717, 1.165) is 31.7 Å². The Morgan fingerprint density at radius 1 is 1.15 bits per heavy atom. The lowest BCUT2D eigenvalue weighted by Gasteiger charge is -2.28. The van der Waals surface area contributed by atoms with Crippen molar-refractivity contribution in [3.63, 3.8) is 0 Å². The summed E-state index contributed by atoms with van der Waals surface area (Å²) in [6, 6.07) is 0.745. The number of benzene rings is 1. The van der Waals surface area contributed by atoms with Gasteiger partial charge < -0.3 is 18.9 Å². The third-order valence-electron chi connectivity index (χ3n) is 6.46. The molecule has 2 heterocycles. The first-order valence-electron chi connectivity index (χ1n) is 13.7. The summed E-state index contributed by atoms with van der Waals surface area (Å²) in [7, 11) is 0. The molecule has 2 aromatic rings. The summed E-state index contributed by atoms with van der Waals surface area (Å²) >= 11 is 0. The van der Waals surface area contributed by atoms with Crippen LogP contribution in [0, 0.1) is 23.5 Å². The van der Waals surface area contributed by atoms with E-state index in [2.05, 4.69) is 11.8 Å². The van der Waals surface area contributed by atoms with Crippen molar-refractivity contribution in [2.24, 2.45) is 0 Å². The van der Waals surface area contributed by atoms with Crippen molar-refractivity contribution in [2.75, 3.05) is 13.2 Å². The van der Waals surface area contributed by atoms with E-state index >= 15 is 4.39 Å². The minimum absolute atomic E-state index is 0.0393. The van der Waals surface area contributed by atoms with Crippen LogP contribution in [0.25, 0.3) is 10.9 Å². The van der Waals surface area contributed by atoms with E-state index in [0.29, 0.717) is 19.4 Å². The van der Waals surface area contributed by atoms with Gasteiger partial charge in [-0.25, -0.2) is 18.4 Å².